The minimum atomic E-state index is -0.938. The Morgan fingerprint density at radius 3 is 2.92 bits per heavy atom. The van der Waals surface area contributed by atoms with E-state index in [1.165, 1.54) is 23.1 Å². The summed E-state index contributed by atoms with van der Waals surface area (Å²) in [7, 11) is 1.65. The number of aromatic nitrogens is 1. The zero-order valence-electron chi connectivity index (χ0n) is 14.3. The standard InChI is InChI=1S/C18H21F2N3O2/c1-12-6-17(25-21-12)11-23-9-15(20)8-16(23)10-22(2)18(24)13-4-3-5-14(19)7-13/h3-7,15-16H,8-11H2,1-2H3/t15-,16-/m0/s1. The average molecular weight is 349 g/mol. The van der Waals surface area contributed by atoms with E-state index in [2.05, 4.69) is 5.16 Å². The molecule has 5 nitrogen and oxygen atoms in total. The first-order valence-corrected chi connectivity index (χ1v) is 8.23. The molecule has 1 aromatic heterocycles. The van der Waals surface area contributed by atoms with E-state index in [0.29, 0.717) is 31.8 Å². The van der Waals surface area contributed by atoms with Crippen molar-refractivity contribution in [3.05, 3.63) is 53.2 Å². The van der Waals surface area contributed by atoms with Crippen LogP contribution in [0.3, 0.4) is 0 Å². The predicted octanol–water partition coefficient (Wildman–Crippen LogP) is 2.81. The molecule has 0 saturated carbocycles. The Hall–Kier alpha value is -2.28. The Labute approximate surface area is 145 Å². The van der Waals surface area contributed by atoms with E-state index in [1.807, 2.05) is 17.9 Å². The second-order valence-corrected chi connectivity index (χ2v) is 6.55. The molecule has 25 heavy (non-hydrogen) atoms. The second-order valence-electron chi connectivity index (χ2n) is 6.55. The molecule has 2 atom stereocenters. The first kappa shape index (κ1) is 17.5. The van der Waals surface area contributed by atoms with Gasteiger partial charge < -0.3 is 9.42 Å². The maximum absolute atomic E-state index is 13.9. The molecular formula is C18H21F2N3O2. The van der Waals surface area contributed by atoms with Gasteiger partial charge in [-0.1, -0.05) is 11.2 Å². The smallest absolute Gasteiger partial charge is 0.253 e. The van der Waals surface area contributed by atoms with Crippen LogP contribution in [0, 0.1) is 12.7 Å². The second kappa shape index (κ2) is 7.31. The highest BCUT2D eigenvalue weighted by Gasteiger charge is 2.34. The van der Waals surface area contributed by atoms with Gasteiger partial charge in [0.15, 0.2) is 5.76 Å². The monoisotopic (exact) mass is 349 g/mol. The van der Waals surface area contributed by atoms with Gasteiger partial charge in [-0.3, -0.25) is 9.69 Å². The number of carbonyl (C=O) groups excluding carboxylic acids is 1. The van der Waals surface area contributed by atoms with Crippen LogP contribution in [0.25, 0.3) is 0 Å². The van der Waals surface area contributed by atoms with Crippen LogP contribution in [0.1, 0.15) is 28.2 Å². The number of alkyl halides is 1. The maximum atomic E-state index is 13.9. The summed E-state index contributed by atoms with van der Waals surface area (Å²) in [6, 6.07) is 7.28. The van der Waals surface area contributed by atoms with Gasteiger partial charge in [-0.2, -0.15) is 0 Å². The summed E-state index contributed by atoms with van der Waals surface area (Å²) in [5.74, 6) is -0.0563. The molecule has 0 radical (unpaired) electrons. The van der Waals surface area contributed by atoms with Crippen molar-refractivity contribution in [2.24, 2.45) is 0 Å². The van der Waals surface area contributed by atoms with E-state index < -0.39 is 12.0 Å². The summed E-state index contributed by atoms with van der Waals surface area (Å²) in [5, 5.41) is 3.84. The summed E-state index contributed by atoms with van der Waals surface area (Å²) in [6.45, 7) is 2.95. The third-order valence-corrected chi connectivity index (χ3v) is 4.42. The van der Waals surface area contributed by atoms with Crippen molar-refractivity contribution in [3.8, 4) is 0 Å². The van der Waals surface area contributed by atoms with E-state index in [4.69, 9.17) is 4.52 Å². The van der Waals surface area contributed by atoms with Crippen molar-refractivity contribution in [2.75, 3.05) is 20.1 Å². The van der Waals surface area contributed by atoms with Crippen molar-refractivity contribution < 1.29 is 18.1 Å². The maximum Gasteiger partial charge on any atom is 0.253 e. The molecule has 2 aromatic rings. The van der Waals surface area contributed by atoms with Crippen LogP contribution < -0.4 is 0 Å². The average Bonchev–Trinajstić information content (AvgIpc) is 3.12. The first-order valence-electron chi connectivity index (χ1n) is 8.23. The fourth-order valence-corrected chi connectivity index (χ4v) is 3.24. The summed E-state index contributed by atoms with van der Waals surface area (Å²) in [4.78, 5) is 15.9. The van der Waals surface area contributed by atoms with E-state index in [0.717, 1.165) is 5.69 Å². The fourth-order valence-electron chi connectivity index (χ4n) is 3.24. The van der Waals surface area contributed by atoms with Gasteiger partial charge in [-0.25, -0.2) is 8.78 Å². The van der Waals surface area contributed by atoms with Crippen molar-refractivity contribution in [1.82, 2.24) is 15.0 Å². The number of likely N-dealkylation sites (tertiary alicyclic amines) is 1. The van der Waals surface area contributed by atoms with Gasteiger partial charge in [0.2, 0.25) is 0 Å². The van der Waals surface area contributed by atoms with Gasteiger partial charge in [0.05, 0.1) is 12.2 Å². The number of hydrogen-bond acceptors (Lipinski definition) is 4. The van der Waals surface area contributed by atoms with Crippen molar-refractivity contribution >= 4 is 5.91 Å². The van der Waals surface area contributed by atoms with Crippen molar-refractivity contribution in [3.63, 3.8) is 0 Å². The van der Waals surface area contributed by atoms with Crippen molar-refractivity contribution in [1.29, 1.82) is 0 Å². The van der Waals surface area contributed by atoms with Crippen LogP contribution >= 0.6 is 0 Å². The first-order chi connectivity index (χ1) is 11.9. The van der Waals surface area contributed by atoms with Crippen molar-refractivity contribution in [2.45, 2.75) is 32.1 Å². The van der Waals surface area contributed by atoms with Gasteiger partial charge in [-0.05, 0) is 31.5 Å². The van der Waals surface area contributed by atoms with E-state index in [9.17, 15) is 13.6 Å². The van der Waals surface area contributed by atoms with Crippen LogP contribution in [0.15, 0.2) is 34.9 Å². The molecule has 2 heterocycles. The molecule has 0 bridgehead atoms. The Kier molecular flexibility index (Phi) is 5.13. The van der Waals surface area contributed by atoms with Crippen LogP contribution in [-0.4, -0.2) is 53.2 Å². The number of rotatable bonds is 5. The van der Waals surface area contributed by atoms with Gasteiger partial charge in [0.25, 0.3) is 5.91 Å². The molecule has 1 aliphatic heterocycles. The summed E-state index contributed by atoms with van der Waals surface area (Å²) >= 11 is 0. The van der Waals surface area contributed by atoms with E-state index >= 15 is 0 Å². The summed E-state index contributed by atoms with van der Waals surface area (Å²) in [5.41, 5.74) is 1.07. The fraction of sp³-hybridized carbons (Fsp3) is 0.444. The lowest BCUT2D eigenvalue weighted by Crippen LogP contribution is -2.40. The third-order valence-electron chi connectivity index (χ3n) is 4.42. The molecule has 1 fully saturated rings. The van der Waals surface area contributed by atoms with E-state index in [1.54, 1.807) is 13.1 Å². The molecule has 0 aliphatic carbocycles. The Morgan fingerprint density at radius 2 is 2.24 bits per heavy atom. The largest absolute Gasteiger partial charge is 0.360 e. The number of aryl methyl sites for hydroxylation is 1. The minimum Gasteiger partial charge on any atom is -0.360 e. The molecule has 0 spiro atoms. The zero-order valence-corrected chi connectivity index (χ0v) is 14.3. The normalized spacial score (nSPS) is 20.8. The number of carbonyl (C=O) groups is 1. The van der Waals surface area contributed by atoms with Crippen LogP contribution in [-0.2, 0) is 6.54 Å². The number of nitrogens with zero attached hydrogens (tertiary/aromatic N) is 3. The lowest BCUT2D eigenvalue weighted by molar-refractivity contribution is 0.0745. The SMILES string of the molecule is Cc1cc(CN2C[C@@H](F)C[C@H]2CN(C)C(=O)c2cccc(F)c2)on1. The molecule has 1 aliphatic rings. The van der Waals surface area contributed by atoms with Crippen LogP contribution in [0.4, 0.5) is 8.78 Å². The highest BCUT2D eigenvalue weighted by atomic mass is 19.1. The molecule has 134 valence electrons. The van der Waals surface area contributed by atoms with E-state index in [-0.39, 0.29) is 17.5 Å². The number of amides is 1. The number of benzene rings is 1. The van der Waals surface area contributed by atoms with Gasteiger partial charge in [0, 0.05) is 37.8 Å². The minimum absolute atomic E-state index is 0.122. The van der Waals surface area contributed by atoms with Crippen LogP contribution in [0.2, 0.25) is 0 Å². The Morgan fingerprint density at radius 1 is 1.44 bits per heavy atom. The van der Waals surface area contributed by atoms with Crippen LogP contribution in [0.5, 0.6) is 0 Å². The summed E-state index contributed by atoms with van der Waals surface area (Å²) < 4.78 is 32.4. The summed E-state index contributed by atoms with van der Waals surface area (Å²) in [6.07, 6.45) is -0.583. The predicted molar refractivity (Wildman–Crippen MR) is 88.3 cm³/mol. The zero-order chi connectivity index (χ0) is 18.0. The molecule has 1 aromatic carbocycles. The Bertz CT molecular complexity index is 749. The quantitative estimate of drug-likeness (QED) is 0.833. The van der Waals surface area contributed by atoms with Gasteiger partial charge in [-0.15, -0.1) is 0 Å². The topological polar surface area (TPSA) is 49.6 Å². The molecule has 3 rings (SSSR count). The molecule has 1 amide bonds. The highest BCUT2D eigenvalue weighted by molar-refractivity contribution is 5.94. The molecule has 0 N–H and O–H groups in total. The lowest BCUT2D eigenvalue weighted by Gasteiger charge is -2.27. The van der Waals surface area contributed by atoms with Gasteiger partial charge >= 0.3 is 0 Å². The highest BCUT2D eigenvalue weighted by Crippen LogP contribution is 2.24. The molecule has 7 heteroatoms. The lowest BCUT2D eigenvalue weighted by atomic mass is 10.1. The molecule has 1 saturated heterocycles. The third kappa shape index (κ3) is 4.22. The number of likely N-dealkylation sites (N-methyl/N-ethyl adjacent to an activating group) is 1. The number of hydrogen-bond donors (Lipinski definition) is 0. The molecular weight excluding hydrogens is 328 g/mol. The number of halogens is 2. The molecule has 0 unspecified atom stereocenters. The van der Waals surface area contributed by atoms with Gasteiger partial charge in [0.1, 0.15) is 12.0 Å². The Balaban J connectivity index is 1.66.